The highest BCUT2D eigenvalue weighted by Crippen LogP contribution is 2.35. The standard InChI is InChI=1S/C23H29NO4S/c1-2-28-23(25)22(16-18-8-6-7-9-18)20-12-14-21(15-13-20)29(26,27)24-17-19-10-4-3-5-11-19/h3-5,10-15,18,22,24H,2,6-9,16-17H2,1H3. The number of esters is 1. The van der Waals surface area contributed by atoms with Crippen LogP contribution in [-0.2, 0) is 26.1 Å². The van der Waals surface area contributed by atoms with Gasteiger partial charge in [-0.2, -0.15) is 0 Å². The summed E-state index contributed by atoms with van der Waals surface area (Å²) in [5, 5.41) is 0. The molecule has 0 amide bonds. The third kappa shape index (κ3) is 5.90. The van der Waals surface area contributed by atoms with Crippen molar-refractivity contribution in [3.8, 4) is 0 Å². The van der Waals surface area contributed by atoms with Crippen LogP contribution in [0.2, 0.25) is 0 Å². The van der Waals surface area contributed by atoms with Gasteiger partial charge in [0.1, 0.15) is 0 Å². The predicted octanol–water partition coefficient (Wildman–Crippen LogP) is 4.39. The minimum Gasteiger partial charge on any atom is -0.466 e. The maximum Gasteiger partial charge on any atom is 0.313 e. The van der Waals surface area contributed by atoms with E-state index < -0.39 is 10.0 Å². The van der Waals surface area contributed by atoms with E-state index in [1.807, 2.05) is 30.3 Å². The van der Waals surface area contributed by atoms with Gasteiger partial charge in [-0.25, -0.2) is 13.1 Å². The quantitative estimate of drug-likeness (QED) is 0.617. The van der Waals surface area contributed by atoms with Crippen LogP contribution in [-0.4, -0.2) is 21.0 Å². The Morgan fingerprint density at radius 3 is 2.34 bits per heavy atom. The second-order valence-corrected chi connectivity index (χ2v) is 9.34. The Morgan fingerprint density at radius 2 is 1.72 bits per heavy atom. The van der Waals surface area contributed by atoms with Gasteiger partial charge in [0.25, 0.3) is 0 Å². The molecule has 0 radical (unpaired) electrons. The Labute approximate surface area is 173 Å². The second kappa shape index (κ2) is 10.0. The first kappa shape index (κ1) is 21.5. The highest BCUT2D eigenvalue weighted by molar-refractivity contribution is 7.89. The summed E-state index contributed by atoms with van der Waals surface area (Å²) in [6, 6.07) is 16.0. The third-order valence-corrected chi connectivity index (χ3v) is 6.93. The van der Waals surface area contributed by atoms with Crippen molar-refractivity contribution in [1.82, 2.24) is 4.72 Å². The van der Waals surface area contributed by atoms with Gasteiger partial charge in [0.05, 0.1) is 17.4 Å². The molecule has 6 heteroatoms. The Bertz CT molecular complexity index is 888. The molecule has 1 saturated carbocycles. The summed E-state index contributed by atoms with van der Waals surface area (Å²) in [5.74, 6) is -0.0374. The first-order valence-corrected chi connectivity index (χ1v) is 11.8. The molecule has 0 spiro atoms. The molecule has 0 bridgehead atoms. The van der Waals surface area contributed by atoms with Crippen molar-refractivity contribution in [3.05, 3.63) is 65.7 Å². The summed E-state index contributed by atoms with van der Waals surface area (Å²) >= 11 is 0. The van der Waals surface area contributed by atoms with E-state index >= 15 is 0 Å². The van der Waals surface area contributed by atoms with Crippen molar-refractivity contribution in [1.29, 1.82) is 0 Å². The molecule has 3 rings (SSSR count). The zero-order valence-electron chi connectivity index (χ0n) is 16.8. The molecule has 1 aliphatic carbocycles. The summed E-state index contributed by atoms with van der Waals surface area (Å²) in [5.41, 5.74) is 1.71. The van der Waals surface area contributed by atoms with Crippen LogP contribution in [0.1, 0.15) is 56.1 Å². The fourth-order valence-electron chi connectivity index (χ4n) is 3.93. The second-order valence-electron chi connectivity index (χ2n) is 7.57. The zero-order valence-corrected chi connectivity index (χ0v) is 17.7. The van der Waals surface area contributed by atoms with Crippen LogP contribution < -0.4 is 4.72 Å². The molecule has 1 aliphatic rings. The van der Waals surface area contributed by atoms with Crippen molar-refractivity contribution in [2.75, 3.05) is 6.61 Å². The van der Waals surface area contributed by atoms with Gasteiger partial charge in [-0.15, -0.1) is 0 Å². The number of sulfonamides is 1. The molecule has 0 aromatic heterocycles. The largest absolute Gasteiger partial charge is 0.466 e. The van der Waals surface area contributed by atoms with E-state index in [2.05, 4.69) is 4.72 Å². The molecule has 1 atom stereocenters. The number of carbonyl (C=O) groups is 1. The molecule has 0 aliphatic heterocycles. The average molecular weight is 416 g/mol. The van der Waals surface area contributed by atoms with Gasteiger partial charge in [0.2, 0.25) is 10.0 Å². The Hall–Kier alpha value is -2.18. The van der Waals surface area contributed by atoms with Gasteiger partial charge in [0.15, 0.2) is 0 Å². The number of hydrogen-bond donors (Lipinski definition) is 1. The lowest BCUT2D eigenvalue weighted by Gasteiger charge is -2.20. The monoisotopic (exact) mass is 415 g/mol. The molecule has 2 aromatic rings. The summed E-state index contributed by atoms with van der Waals surface area (Å²) < 4.78 is 33.1. The molecule has 0 saturated heterocycles. The first-order chi connectivity index (χ1) is 14.0. The summed E-state index contributed by atoms with van der Waals surface area (Å²) in [4.78, 5) is 12.7. The van der Waals surface area contributed by atoms with Crippen LogP contribution >= 0.6 is 0 Å². The summed E-state index contributed by atoms with van der Waals surface area (Å²) in [6.07, 6.45) is 5.48. The van der Waals surface area contributed by atoms with Crippen molar-refractivity contribution < 1.29 is 17.9 Å². The lowest BCUT2D eigenvalue weighted by Crippen LogP contribution is -2.23. The van der Waals surface area contributed by atoms with E-state index in [4.69, 9.17) is 4.74 Å². The van der Waals surface area contributed by atoms with Crippen molar-refractivity contribution >= 4 is 16.0 Å². The molecule has 1 unspecified atom stereocenters. The van der Waals surface area contributed by atoms with Crippen LogP contribution in [0, 0.1) is 5.92 Å². The van der Waals surface area contributed by atoms with Gasteiger partial charge >= 0.3 is 5.97 Å². The number of ether oxygens (including phenoxy) is 1. The van der Waals surface area contributed by atoms with E-state index in [1.165, 1.54) is 12.8 Å². The summed E-state index contributed by atoms with van der Waals surface area (Å²) in [6.45, 7) is 2.38. The lowest BCUT2D eigenvalue weighted by atomic mass is 9.88. The predicted molar refractivity (Wildman–Crippen MR) is 113 cm³/mol. The van der Waals surface area contributed by atoms with Crippen LogP contribution in [0.4, 0.5) is 0 Å². The van der Waals surface area contributed by atoms with Gasteiger partial charge in [-0.3, -0.25) is 4.79 Å². The lowest BCUT2D eigenvalue weighted by molar-refractivity contribution is -0.145. The molecule has 2 aromatic carbocycles. The van der Waals surface area contributed by atoms with Gasteiger partial charge < -0.3 is 4.74 Å². The van der Waals surface area contributed by atoms with E-state index in [0.717, 1.165) is 30.4 Å². The van der Waals surface area contributed by atoms with E-state index in [1.54, 1.807) is 31.2 Å². The minimum atomic E-state index is -3.62. The average Bonchev–Trinajstić information content (AvgIpc) is 3.25. The van der Waals surface area contributed by atoms with Crippen molar-refractivity contribution in [3.63, 3.8) is 0 Å². The SMILES string of the molecule is CCOC(=O)C(CC1CCCC1)c1ccc(S(=O)(=O)NCc2ccccc2)cc1. The number of hydrogen-bond acceptors (Lipinski definition) is 4. The van der Waals surface area contributed by atoms with Gasteiger partial charge in [0, 0.05) is 6.54 Å². The molecular formula is C23H29NO4S. The van der Waals surface area contributed by atoms with Crippen molar-refractivity contribution in [2.24, 2.45) is 5.92 Å². The van der Waals surface area contributed by atoms with Gasteiger partial charge in [-0.1, -0.05) is 68.1 Å². The molecule has 0 heterocycles. The molecule has 29 heavy (non-hydrogen) atoms. The molecular weight excluding hydrogens is 386 g/mol. The Kier molecular flexibility index (Phi) is 7.45. The Balaban J connectivity index is 1.72. The Morgan fingerprint density at radius 1 is 1.07 bits per heavy atom. The number of nitrogens with one attached hydrogen (secondary N) is 1. The number of rotatable bonds is 9. The van der Waals surface area contributed by atoms with Crippen LogP contribution in [0.15, 0.2) is 59.5 Å². The minimum absolute atomic E-state index is 0.195. The van der Waals surface area contributed by atoms with Gasteiger partial charge in [-0.05, 0) is 42.5 Å². The number of benzene rings is 2. The van der Waals surface area contributed by atoms with Crippen LogP contribution in [0.3, 0.4) is 0 Å². The molecule has 5 nitrogen and oxygen atoms in total. The van der Waals surface area contributed by atoms with Crippen molar-refractivity contribution in [2.45, 2.75) is 56.4 Å². The smallest absolute Gasteiger partial charge is 0.313 e. The highest BCUT2D eigenvalue weighted by Gasteiger charge is 2.28. The maximum atomic E-state index is 12.6. The van der Waals surface area contributed by atoms with Crippen LogP contribution in [0.5, 0.6) is 0 Å². The fourth-order valence-corrected chi connectivity index (χ4v) is 4.95. The van der Waals surface area contributed by atoms with E-state index in [9.17, 15) is 13.2 Å². The normalized spacial score (nSPS) is 15.9. The number of carbonyl (C=O) groups excluding carboxylic acids is 1. The molecule has 1 N–H and O–H groups in total. The first-order valence-electron chi connectivity index (χ1n) is 10.3. The maximum absolute atomic E-state index is 12.6. The van der Waals surface area contributed by atoms with E-state index in [-0.39, 0.29) is 23.3 Å². The third-order valence-electron chi connectivity index (χ3n) is 5.52. The molecule has 1 fully saturated rings. The zero-order chi connectivity index (χ0) is 20.7. The fraction of sp³-hybridized carbons (Fsp3) is 0.435. The highest BCUT2D eigenvalue weighted by atomic mass is 32.2. The van der Waals surface area contributed by atoms with E-state index in [0.29, 0.717) is 12.5 Å². The molecule has 156 valence electrons. The summed E-state index contributed by atoms with van der Waals surface area (Å²) in [7, 11) is -3.62. The van der Waals surface area contributed by atoms with Crippen LogP contribution in [0.25, 0.3) is 0 Å². The topological polar surface area (TPSA) is 72.5 Å².